The smallest absolute Gasteiger partial charge is 0.123 e. The first-order chi connectivity index (χ1) is 9.24. The summed E-state index contributed by atoms with van der Waals surface area (Å²) in [5.74, 6) is -0.174. The first kappa shape index (κ1) is 12.8. The largest absolute Gasteiger partial charge is 0.207 e. The van der Waals surface area contributed by atoms with Crippen molar-refractivity contribution in [2.24, 2.45) is 0 Å². The molecule has 0 amide bonds. The van der Waals surface area contributed by atoms with Gasteiger partial charge in [0.2, 0.25) is 0 Å². The summed E-state index contributed by atoms with van der Waals surface area (Å²) >= 11 is 5.48. The van der Waals surface area contributed by atoms with Crippen LogP contribution in [0.1, 0.15) is 16.0 Å². The zero-order valence-electron chi connectivity index (χ0n) is 10.1. The first-order valence-electron chi connectivity index (χ1n) is 6.08. The lowest BCUT2D eigenvalue weighted by Gasteiger charge is -2.09. The molecule has 0 aliphatic heterocycles. The Kier molecular flexibility index (Phi) is 3.67. The fourth-order valence-corrected chi connectivity index (χ4v) is 4.16. The van der Waals surface area contributed by atoms with E-state index in [4.69, 9.17) is 0 Å². The Hall–Kier alpha value is -1.19. The summed E-state index contributed by atoms with van der Waals surface area (Å²) < 4.78 is 14.5. The van der Waals surface area contributed by atoms with Crippen molar-refractivity contribution >= 4 is 37.4 Å². The molecule has 3 aromatic rings. The van der Waals surface area contributed by atoms with Gasteiger partial charge in [-0.1, -0.05) is 46.3 Å². The van der Waals surface area contributed by atoms with E-state index < -0.39 is 0 Å². The monoisotopic (exact) mass is 334 g/mol. The maximum atomic E-state index is 13.2. The fraction of sp³-hybridized carbons (Fsp3) is 0.125. The molecule has 1 aromatic heterocycles. The van der Waals surface area contributed by atoms with E-state index >= 15 is 0 Å². The highest BCUT2D eigenvalue weighted by atomic mass is 79.9. The van der Waals surface area contributed by atoms with E-state index in [1.807, 2.05) is 6.07 Å². The number of fused-ring (bicyclic) bond motifs is 1. The maximum absolute atomic E-state index is 13.2. The minimum atomic E-state index is -0.174. The summed E-state index contributed by atoms with van der Waals surface area (Å²) in [6, 6.07) is 15.2. The van der Waals surface area contributed by atoms with Crippen LogP contribution < -0.4 is 0 Å². The van der Waals surface area contributed by atoms with Crippen molar-refractivity contribution in [2.75, 3.05) is 0 Å². The Morgan fingerprint density at radius 2 is 1.95 bits per heavy atom. The number of hydrogen-bond acceptors (Lipinski definition) is 1. The normalized spacial score (nSPS) is 12.7. The van der Waals surface area contributed by atoms with Crippen molar-refractivity contribution in [3.8, 4) is 0 Å². The van der Waals surface area contributed by atoms with E-state index in [9.17, 15) is 4.39 Å². The third-order valence-corrected chi connectivity index (χ3v) is 4.95. The molecule has 1 heterocycles. The summed E-state index contributed by atoms with van der Waals surface area (Å²) in [5.41, 5.74) is 2.29. The van der Waals surface area contributed by atoms with Crippen LogP contribution in [0, 0.1) is 5.82 Å². The van der Waals surface area contributed by atoms with Crippen LogP contribution in [0.15, 0.2) is 53.9 Å². The van der Waals surface area contributed by atoms with Crippen molar-refractivity contribution < 1.29 is 4.39 Å². The molecular formula is C16H12BrFS. The van der Waals surface area contributed by atoms with E-state index in [1.54, 1.807) is 23.5 Å². The fourth-order valence-electron chi connectivity index (χ4n) is 2.22. The van der Waals surface area contributed by atoms with Gasteiger partial charge in [0.1, 0.15) is 5.82 Å². The number of rotatable bonds is 3. The second-order valence-corrected chi connectivity index (χ2v) is 6.51. The van der Waals surface area contributed by atoms with Crippen LogP contribution in [0.2, 0.25) is 0 Å². The predicted octanol–water partition coefficient (Wildman–Crippen LogP) is 5.72. The lowest BCUT2D eigenvalue weighted by atomic mass is 10.0. The summed E-state index contributed by atoms with van der Waals surface area (Å²) in [4.78, 5) is 0.213. The number of alkyl halides is 1. The molecular weight excluding hydrogens is 323 g/mol. The van der Waals surface area contributed by atoms with Crippen molar-refractivity contribution in [3.63, 3.8) is 0 Å². The quantitative estimate of drug-likeness (QED) is 0.537. The molecule has 96 valence electrons. The van der Waals surface area contributed by atoms with Gasteiger partial charge in [-0.15, -0.1) is 11.3 Å². The Balaban J connectivity index is 1.90. The molecule has 1 atom stereocenters. The number of hydrogen-bond donors (Lipinski definition) is 0. The molecule has 0 saturated carbocycles. The number of benzene rings is 2. The van der Waals surface area contributed by atoms with Gasteiger partial charge >= 0.3 is 0 Å². The third-order valence-electron chi connectivity index (χ3n) is 3.15. The topological polar surface area (TPSA) is 0 Å². The van der Waals surface area contributed by atoms with E-state index in [1.165, 1.54) is 21.7 Å². The Bertz CT molecular complexity index is 705. The van der Waals surface area contributed by atoms with Gasteiger partial charge in [0, 0.05) is 9.53 Å². The van der Waals surface area contributed by atoms with Crippen molar-refractivity contribution in [1.82, 2.24) is 0 Å². The predicted molar refractivity (Wildman–Crippen MR) is 83.6 cm³/mol. The summed E-state index contributed by atoms with van der Waals surface area (Å²) in [6.45, 7) is 0. The maximum Gasteiger partial charge on any atom is 0.123 e. The van der Waals surface area contributed by atoms with Crippen LogP contribution in [0.4, 0.5) is 4.39 Å². The van der Waals surface area contributed by atoms with Crippen molar-refractivity contribution in [2.45, 2.75) is 11.2 Å². The van der Waals surface area contributed by atoms with Crippen molar-refractivity contribution in [3.05, 3.63) is 70.9 Å². The van der Waals surface area contributed by atoms with E-state index in [0.717, 1.165) is 12.0 Å². The van der Waals surface area contributed by atoms with E-state index in [0.29, 0.717) is 0 Å². The molecule has 19 heavy (non-hydrogen) atoms. The molecule has 0 fully saturated rings. The van der Waals surface area contributed by atoms with Gasteiger partial charge in [0.25, 0.3) is 0 Å². The SMILES string of the molecule is Fc1cccc(CC(Br)c2csc3ccccc23)c1. The van der Waals surface area contributed by atoms with Gasteiger partial charge in [-0.3, -0.25) is 0 Å². The summed E-state index contributed by atoms with van der Waals surface area (Å²) in [5, 5.41) is 3.47. The Morgan fingerprint density at radius 3 is 2.79 bits per heavy atom. The highest BCUT2D eigenvalue weighted by molar-refractivity contribution is 9.09. The third kappa shape index (κ3) is 2.72. The van der Waals surface area contributed by atoms with Gasteiger partial charge in [-0.05, 0) is 46.5 Å². The van der Waals surface area contributed by atoms with Crippen LogP contribution in [0.3, 0.4) is 0 Å². The van der Waals surface area contributed by atoms with Gasteiger partial charge < -0.3 is 0 Å². The van der Waals surface area contributed by atoms with Gasteiger partial charge in [0.15, 0.2) is 0 Å². The van der Waals surface area contributed by atoms with Crippen LogP contribution >= 0.6 is 27.3 Å². The van der Waals surface area contributed by atoms with Crippen molar-refractivity contribution in [1.29, 1.82) is 0 Å². The second kappa shape index (κ2) is 5.43. The van der Waals surface area contributed by atoms with Gasteiger partial charge in [-0.25, -0.2) is 4.39 Å². The van der Waals surface area contributed by atoms with Gasteiger partial charge in [-0.2, -0.15) is 0 Å². The minimum Gasteiger partial charge on any atom is -0.207 e. The number of halogens is 2. The molecule has 3 heteroatoms. The minimum absolute atomic E-state index is 0.174. The molecule has 0 aliphatic rings. The molecule has 0 nitrogen and oxygen atoms in total. The Labute approximate surface area is 124 Å². The average molecular weight is 335 g/mol. The molecule has 0 N–H and O–H groups in total. The second-order valence-electron chi connectivity index (χ2n) is 4.49. The first-order valence-corrected chi connectivity index (χ1v) is 7.88. The molecule has 0 spiro atoms. The molecule has 3 rings (SSSR count). The van der Waals surface area contributed by atoms with Crippen LogP contribution in [0.5, 0.6) is 0 Å². The lowest BCUT2D eigenvalue weighted by Crippen LogP contribution is -1.95. The Morgan fingerprint density at radius 1 is 1.11 bits per heavy atom. The van der Waals surface area contributed by atoms with Gasteiger partial charge in [0.05, 0.1) is 0 Å². The highest BCUT2D eigenvalue weighted by Crippen LogP contribution is 2.36. The summed E-state index contributed by atoms with van der Waals surface area (Å²) in [6.07, 6.45) is 0.790. The highest BCUT2D eigenvalue weighted by Gasteiger charge is 2.13. The molecule has 0 saturated heterocycles. The molecule has 0 bridgehead atoms. The molecule has 0 aliphatic carbocycles. The van der Waals surface area contributed by atoms with Crippen LogP contribution in [-0.2, 0) is 6.42 Å². The van der Waals surface area contributed by atoms with E-state index in [2.05, 4.69) is 45.6 Å². The zero-order valence-corrected chi connectivity index (χ0v) is 12.5. The average Bonchev–Trinajstić information content (AvgIpc) is 2.82. The van der Waals surface area contributed by atoms with E-state index in [-0.39, 0.29) is 10.6 Å². The molecule has 1 unspecified atom stereocenters. The zero-order chi connectivity index (χ0) is 13.2. The number of thiophene rings is 1. The lowest BCUT2D eigenvalue weighted by molar-refractivity contribution is 0.625. The standard InChI is InChI=1S/C16H12BrFS/c17-15(9-11-4-3-5-12(18)8-11)14-10-19-16-7-2-1-6-13(14)16/h1-8,10,15H,9H2. The van der Waals surface area contributed by atoms with Crippen LogP contribution in [-0.4, -0.2) is 0 Å². The van der Waals surface area contributed by atoms with Crippen LogP contribution in [0.25, 0.3) is 10.1 Å². The summed E-state index contributed by atoms with van der Waals surface area (Å²) in [7, 11) is 0. The molecule has 2 aromatic carbocycles. The molecule has 0 radical (unpaired) electrons.